The summed E-state index contributed by atoms with van der Waals surface area (Å²) in [7, 11) is 0. The number of nitro benzene ring substituents is 2. The van der Waals surface area contributed by atoms with E-state index in [0.717, 1.165) is 25.0 Å². The van der Waals surface area contributed by atoms with Gasteiger partial charge in [-0.3, -0.25) is 20.2 Å². The van der Waals surface area contributed by atoms with E-state index in [1.165, 1.54) is 36.4 Å². The fourth-order valence-corrected chi connectivity index (χ4v) is 6.85. The standard InChI is InChI=1S/2C20H25N3O5.Co/c2*1-19(2,3)11-20(4,5)13-9-15(18(26)10-16(13)24)22-21-14-7-6-12(23(27)28)8-17(14)25;/h2*6-10,24-26H,11H2,1-5H3;. The maximum Gasteiger partial charge on any atom is 0.273 e. The molecule has 4 rings (SSSR count). The molecule has 0 bridgehead atoms. The fourth-order valence-electron chi connectivity index (χ4n) is 6.85. The molecular weight excluding hydrogens is 783 g/mol. The third-order valence-corrected chi connectivity index (χ3v) is 8.46. The van der Waals surface area contributed by atoms with Gasteiger partial charge < -0.3 is 30.6 Å². The third kappa shape index (κ3) is 13.1. The zero-order valence-electron chi connectivity index (χ0n) is 33.5. The Balaban J connectivity index is 0.000000387. The van der Waals surface area contributed by atoms with Crippen LogP contribution in [0.1, 0.15) is 93.2 Å². The Bertz CT molecular complexity index is 2020. The van der Waals surface area contributed by atoms with Crippen molar-refractivity contribution in [3.63, 3.8) is 0 Å². The summed E-state index contributed by atoms with van der Waals surface area (Å²) in [5.41, 5.74) is 0.211. The van der Waals surface area contributed by atoms with Gasteiger partial charge in [-0.1, -0.05) is 69.2 Å². The molecule has 309 valence electrons. The van der Waals surface area contributed by atoms with E-state index in [1.807, 2.05) is 27.7 Å². The van der Waals surface area contributed by atoms with Crippen LogP contribution < -0.4 is 0 Å². The monoisotopic (exact) mass is 833 g/mol. The fraction of sp³-hybridized carbons (Fsp3) is 0.400. The molecule has 16 nitrogen and oxygen atoms in total. The smallest absolute Gasteiger partial charge is 0.273 e. The van der Waals surface area contributed by atoms with Gasteiger partial charge in [0.05, 0.1) is 22.0 Å². The summed E-state index contributed by atoms with van der Waals surface area (Å²) < 4.78 is 0. The zero-order valence-corrected chi connectivity index (χ0v) is 34.6. The first-order chi connectivity index (χ1) is 25.6. The van der Waals surface area contributed by atoms with E-state index in [4.69, 9.17) is 0 Å². The number of rotatable bonds is 10. The molecule has 0 fully saturated rings. The number of aromatic hydroxyl groups is 6. The predicted molar refractivity (Wildman–Crippen MR) is 212 cm³/mol. The molecule has 0 saturated carbocycles. The molecule has 4 aromatic carbocycles. The van der Waals surface area contributed by atoms with E-state index in [2.05, 4.69) is 62.0 Å². The number of azo groups is 2. The van der Waals surface area contributed by atoms with Crippen LogP contribution in [-0.2, 0) is 27.6 Å². The number of benzene rings is 4. The van der Waals surface area contributed by atoms with Gasteiger partial charge >= 0.3 is 0 Å². The van der Waals surface area contributed by atoms with Crippen molar-refractivity contribution in [2.45, 2.75) is 92.9 Å². The summed E-state index contributed by atoms with van der Waals surface area (Å²) in [6, 6.07) is 12.4. The second-order valence-electron chi connectivity index (χ2n) is 17.2. The number of phenols is 6. The molecule has 0 aromatic heterocycles. The summed E-state index contributed by atoms with van der Waals surface area (Å²) in [4.78, 5) is 20.2. The van der Waals surface area contributed by atoms with E-state index >= 15 is 0 Å². The molecule has 0 heterocycles. The Morgan fingerprint density at radius 3 is 1.00 bits per heavy atom. The molecule has 0 aliphatic rings. The van der Waals surface area contributed by atoms with Gasteiger partial charge in [-0.05, 0) is 58.8 Å². The topological polar surface area (TPSA) is 257 Å². The van der Waals surface area contributed by atoms with Crippen LogP contribution in [0.3, 0.4) is 0 Å². The summed E-state index contributed by atoms with van der Waals surface area (Å²) in [6.07, 6.45) is 1.55. The summed E-state index contributed by atoms with van der Waals surface area (Å²) in [6.45, 7) is 20.6. The summed E-state index contributed by atoms with van der Waals surface area (Å²) >= 11 is 0. The first-order valence-electron chi connectivity index (χ1n) is 17.5. The Labute approximate surface area is 341 Å². The van der Waals surface area contributed by atoms with Crippen molar-refractivity contribution < 1.29 is 57.3 Å². The van der Waals surface area contributed by atoms with Crippen molar-refractivity contribution in [3.05, 3.63) is 92.0 Å². The zero-order chi connectivity index (χ0) is 42.6. The van der Waals surface area contributed by atoms with Crippen LogP contribution in [0.4, 0.5) is 34.1 Å². The van der Waals surface area contributed by atoms with E-state index < -0.39 is 32.2 Å². The second-order valence-corrected chi connectivity index (χ2v) is 17.2. The summed E-state index contributed by atoms with van der Waals surface area (Å²) in [5, 5.41) is 97.8. The van der Waals surface area contributed by atoms with Crippen molar-refractivity contribution >= 4 is 34.1 Å². The minimum absolute atomic E-state index is 0. The van der Waals surface area contributed by atoms with Crippen molar-refractivity contribution in [2.24, 2.45) is 31.3 Å². The van der Waals surface area contributed by atoms with Crippen molar-refractivity contribution in [1.82, 2.24) is 0 Å². The molecule has 4 aromatic rings. The van der Waals surface area contributed by atoms with Crippen LogP contribution >= 0.6 is 0 Å². The average Bonchev–Trinajstić information content (AvgIpc) is 3.02. The molecule has 6 N–H and O–H groups in total. The van der Waals surface area contributed by atoms with Crippen LogP contribution in [0.15, 0.2) is 81.1 Å². The van der Waals surface area contributed by atoms with Crippen molar-refractivity contribution in [3.8, 4) is 34.5 Å². The Morgan fingerprint density at radius 1 is 0.456 bits per heavy atom. The van der Waals surface area contributed by atoms with E-state index in [1.54, 1.807) is 12.1 Å². The van der Waals surface area contributed by atoms with Crippen molar-refractivity contribution in [2.75, 3.05) is 0 Å². The second kappa shape index (κ2) is 18.0. The number of non-ortho nitro benzene ring substituents is 2. The SMILES string of the molecule is CC(C)(C)CC(C)(C)c1cc(N=Nc2ccc([N+](=O)[O-])cc2O)c(O)cc1O.CC(C)(C)CC(C)(C)c1cc(N=Nc2ccc([N+](=O)[O-])cc2O)c(O)cc1O.[Co]. The van der Waals surface area contributed by atoms with Crippen LogP contribution in [0.2, 0.25) is 0 Å². The molecule has 0 atom stereocenters. The molecule has 0 spiro atoms. The molecular formula is C40H50CoN6O10. The quantitative estimate of drug-likeness (QED) is 0.0500. The van der Waals surface area contributed by atoms with Crippen molar-refractivity contribution in [1.29, 1.82) is 0 Å². The maximum atomic E-state index is 10.7. The van der Waals surface area contributed by atoms with Gasteiger partial charge in [-0.2, -0.15) is 0 Å². The molecule has 0 aliphatic heterocycles. The minimum Gasteiger partial charge on any atom is -0.508 e. The minimum atomic E-state index is -0.629. The molecule has 0 unspecified atom stereocenters. The summed E-state index contributed by atoms with van der Waals surface area (Å²) in [5.74, 6) is -1.40. The molecule has 1 radical (unpaired) electrons. The van der Waals surface area contributed by atoms with E-state index in [-0.39, 0.29) is 84.7 Å². The number of nitro groups is 2. The number of nitrogens with zero attached hydrogens (tertiary/aromatic N) is 6. The predicted octanol–water partition coefficient (Wildman–Crippen LogP) is 11.7. The average molecular weight is 834 g/mol. The molecule has 0 saturated heterocycles. The van der Waals surface area contributed by atoms with Crippen LogP contribution in [0, 0.1) is 31.1 Å². The van der Waals surface area contributed by atoms with Gasteiger partial charge in [0.1, 0.15) is 57.2 Å². The van der Waals surface area contributed by atoms with Gasteiger partial charge in [0, 0.05) is 52.2 Å². The Kier molecular flexibility index (Phi) is 14.9. The van der Waals surface area contributed by atoms with Crippen LogP contribution in [0.25, 0.3) is 0 Å². The number of phenolic OH excluding ortho intramolecular Hbond substituents is 6. The van der Waals surface area contributed by atoms with Crippen LogP contribution in [-0.4, -0.2) is 40.5 Å². The Hall–Kier alpha value is -5.81. The number of hydrogen-bond acceptors (Lipinski definition) is 14. The maximum absolute atomic E-state index is 10.7. The van der Waals surface area contributed by atoms with E-state index in [9.17, 15) is 50.9 Å². The Morgan fingerprint density at radius 2 is 0.737 bits per heavy atom. The first-order valence-corrected chi connectivity index (χ1v) is 17.5. The molecule has 17 heteroatoms. The van der Waals surface area contributed by atoms with E-state index in [0.29, 0.717) is 11.1 Å². The molecule has 57 heavy (non-hydrogen) atoms. The first kappa shape index (κ1) is 47.3. The van der Waals surface area contributed by atoms with Gasteiger partial charge in [0.15, 0.2) is 0 Å². The van der Waals surface area contributed by atoms with Gasteiger partial charge in [-0.15, -0.1) is 20.5 Å². The third-order valence-electron chi connectivity index (χ3n) is 8.46. The normalized spacial score (nSPS) is 12.2. The van der Waals surface area contributed by atoms with Gasteiger partial charge in [0.2, 0.25) is 0 Å². The molecule has 0 amide bonds. The number of hydrogen-bond donors (Lipinski definition) is 6. The largest absolute Gasteiger partial charge is 0.508 e. The van der Waals surface area contributed by atoms with Crippen LogP contribution in [0.5, 0.6) is 34.5 Å². The van der Waals surface area contributed by atoms with Gasteiger partial charge in [-0.25, -0.2) is 0 Å². The van der Waals surface area contributed by atoms with Gasteiger partial charge in [0.25, 0.3) is 11.4 Å². The molecule has 0 aliphatic carbocycles.